The number of nitrogens with zero attached hydrogens (tertiary/aromatic N) is 3. The third-order valence-corrected chi connectivity index (χ3v) is 21.3. The average Bonchev–Trinajstić information content (AvgIpc) is 1.04. The molecule has 0 radical (unpaired) electrons. The second kappa shape index (κ2) is 50.1. The molecule has 1 unspecified atom stereocenters. The van der Waals surface area contributed by atoms with E-state index < -0.39 is 139 Å². The number of aromatic nitrogens is 1. The monoisotopic (exact) mass is 1630 g/mol. The van der Waals surface area contributed by atoms with Gasteiger partial charge in [-0.25, -0.2) is 34.4 Å². The lowest BCUT2D eigenvalue weighted by Crippen LogP contribution is -2.59. The van der Waals surface area contributed by atoms with Crippen molar-refractivity contribution in [2.24, 2.45) is 17.8 Å². The molecular formula is C73H108N14O22S3. The number of piperidine rings is 1. The fraction of sp³-hybridized carbons (Fsp3) is 0.589. The van der Waals surface area contributed by atoms with Crippen molar-refractivity contribution in [3.05, 3.63) is 81.3 Å². The number of aryl methyl sites for hydroxylation is 1. The molecule has 620 valence electrons. The number of carboxylic acid groups (broad SMARTS) is 4. The zero-order valence-corrected chi connectivity index (χ0v) is 66.7. The lowest BCUT2D eigenvalue weighted by atomic mass is 9.93. The molecule has 4 rings (SSSR count). The van der Waals surface area contributed by atoms with Crippen LogP contribution in [-0.2, 0) is 88.0 Å². The summed E-state index contributed by atoms with van der Waals surface area (Å²) in [6.45, 7) is 13.3. The number of carbonyl (C=O) groups excluding carboxylic acids is 11. The number of carbonyl (C=O) groups is 15. The number of ether oxygens (including phenoxy) is 2. The molecule has 1 fully saturated rings. The van der Waals surface area contributed by atoms with Gasteiger partial charge in [-0.3, -0.25) is 58.3 Å². The number of rotatable bonds is 49. The molecule has 3 aromatic rings. The van der Waals surface area contributed by atoms with Crippen molar-refractivity contribution < 1.29 is 107 Å². The van der Waals surface area contributed by atoms with E-state index in [2.05, 4.69) is 58.4 Å². The van der Waals surface area contributed by atoms with Gasteiger partial charge >= 0.3 is 48.0 Å². The number of hydrogen-bond donors (Lipinski definition) is 16. The summed E-state index contributed by atoms with van der Waals surface area (Å²) in [7, 11) is 4.55. The largest absolute Gasteiger partial charge is 0.508 e. The van der Waals surface area contributed by atoms with E-state index in [4.69, 9.17) is 19.7 Å². The maximum Gasteiger partial charge on any atom is 0.426 e. The Hall–Kier alpha value is -10.0. The van der Waals surface area contributed by atoms with E-state index in [1.165, 1.54) is 52.0 Å². The molecule has 12 amide bonds. The summed E-state index contributed by atoms with van der Waals surface area (Å²) in [6, 6.07) is 2.75. The fourth-order valence-corrected chi connectivity index (χ4v) is 14.1. The van der Waals surface area contributed by atoms with Gasteiger partial charge in [0.2, 0.25) is 35.4 Å². The smallest absolute Gasteiger partial charge is 0.426 e. The van der Waals surface area contributed by atoms with Gasteiger partial charge in [-0.1, -0.05) is 112 Å². The van der Waals surface area contributed by atoms with Gasteiger partial charge < -0.3 is 87.8 Å². The van der Waals surface area contributed by atoms with Crippen molar-refractivity contribution >= 4 is 122 Å². The van der Waals surface area contributed by atoms with Crippen LogP contribution in [0.3, 0.4) is 0 Å². The molecule has 2 aromatic carbocycles. The van der Waals surface area contributed by atoms with E-state index in [9.17, 15) is 87.2 Å². The number of hydrazine groups is 1. The molecule has 1 aliphatic rings. The van der Waals surface area contributed by atoms with Crippen LogP contribution < -0.4 is 58.7 Å². The van der Waals surface area contributed by atoms with Gasteiger partial charge in [0.15, 0.2) is 6.73 Å². The number of unbranched alkanes of at least 4 members (excludes halogenated alkanes) is 1. The van der Waals surface area contributed by atoms with Crippen molar-refractivity contribution in [1.82, 2.24) is 73.5 Å². The molecule has 0 saturated carbocycles. The van der Waals surface area contributed by atoms with E-state index >= 15 is 0 Å². The van der Waals surface area contributed by atoms with Crippen molar-refractivity contribution in [3.8, 4) is 5.75 Å². The van der Waals surface area contributed by atoms with Gasteiger partial charge in [0.1, 0.15) is 48.3 Å². The molecule has 1 aromatic heterocycles. The minimum atomic E-state index is -1.79. The Balaban J connectivity index is 1.17. The first kappa shape index (κ1) is 94.4. The molecule has 2 heterocycles. The SMILES string of the molecule is CCCC(=O)OCN(C(=O)[C@@H](NC(=O)[C@H]1CCCCN1C)C(C)CC)[C@H](CCc1nc(C(=O)N[C@@H](Cc2ccc(O)cc2)C[C@H](C)C(=O)NNC(=O)OCCSSCCNC(=O)[C@H](C)NC(=O)[C@H](CC(=O)O)NC(=O)Cc2ccc(CNC(=O)NCCCC[C@H](NC(=O)N[C@@H](CC(=O)O)C(=O)O)C(=O)O)cc2)cs1)C(C)C. The van der Waals surface area contributed by atoms with Crippen molar-refractivity contribution in [2.75, 3.05) is 51.5 Å². The minimum Gasteiger partial charge on any atom is -0.508 e. The van der Waals surface area contributed by atoms with Crippen LogP contribution >= 0.6 is 32.9 Å². The maximum absolute atomic E-state index is 14.8. The molecule has 1 saturated heterocycles. The van der Waals surface area contributed by atoms with Crippen LogP contribution in [0.4, 0.5) is 14.4 Å². The van der Waals surface area contributed by atoms with Gasteiger partial charge in [0.25, 0.3) is 5.91 Å². The van der Waals surface area contributed by atoms with Gasteiger partial charge in [-0.05, 0) is 119 Å². The molecule has 39 heteroatoms. The summed E-state index contributed by atoms with van der Waals surface area (Å²) in [5, 5.41) is 71.9. The van der Waals surface area contributed by atoms with E-state index in [0.29, 0.717) is 59.7 Å². The first-order chi connectivity index (χ1) is 53.2. The van der Waals surface area contributed by atoms with Crippen LogP contribution in [0.1, 0.15) is 164 Å². The second-order valence-corrected chi connectivity index (χ2v) is 31.1. The third-order valence-electron chi connectivity index (χ3n) is 18.1. The number of thiazole rings is 1. The van der Waals surface area contributed by atoms with Gasteiger partial charge in [0.05, 0.1) is 30.3 Å². The molecule has 16 N–H and O–H groups in total. The van der Waals surface area contributed by atoms with Gasteiger partial charge in [-0.15, -0.1) is 11.3 Å². The van der Waals surface area contributed by atoms with E-state index in [-0.39, 0.29) is 119 Å². The third kappa shape index (κ3) is 35.6. The standard InChI is InChI=1S/C73H108N14O22S3/c1-9-15-61(94)109-41-87(68(100)62(43(5)10-2)83-67(99)56-17-12-14-30-86(56)8)55(42(3)4)26-27-58-80-54(40-110-58)66(98)78-49(35-46-22-24-50(88)25-23-46)34-44(6)63(95)84-85-73(107)108-31-33-112-111-32-29-74-64(96)45(7)77-65(97)52(37-59(90)91)79-57(89)36-47-18-20-48(21-19-47)39-76-71(105)75-28-13-11-16-51(69(101)102)81-72(106)82-53(70(103)104)38-60(92)93/h18-25,40,42-45,49,51-53,55-56,62,88H,9-17,26-39,41H2,1-8H3,(H,74,96)(H,77,97)(H,78,98)(H,79,89)(H,83,99)(H,84,95)(H,85,107)(H,90,91)(H,92,93)(H,101,102)(H,103,104)(H2,75,76,105)(H2,81,82,106)/t43?,44-,45-,49+,51-,52-,53-,55+,56+,62-/m0/s1. The summed E-state index contributed by atoms with van der Waals surface area (Å²) in [5.41, 5.74) is 6.55. The summed E-state index contributed by atoms with van der Waals surface area (Å²) in [5.74, 6) is -10.7. The Morgan fingerprint density at radius 2 is 1.32 bits per heavy atom. The number of nitrogens with one attached hydrogen (secondary N) is 11. The molecule has 112 heavy (non-hydrogen) atoms. The summed E-state index contributed by atoms with van der Waals surface area (Å²) in [6.07, 6.45) is 2.43. The highest BCUT2D eigenvalue weighted by atomic mass is 33.1. The molecule has 36 nitrogen and oxygen atoms in total. The van der Waals surface area contributed by atoms with Crippen LogP contribution in [0.5, 0.6) is 5.75 Å². The minimum absolute atomic E-state index is 0.0348. The highest BCUT2D eigenvalue weighted by molar-refractivity contribution is 8.76. The van der Waals surface area contributed by atoms with Crippen LogP contribution in [0.2, 0.25) is 0 Å². The highest BCUT2D eigenvalue weighted by Crippen LogP contribution is 2.26. The number of likely N-dealkylation sites (N-methyl/N-ethyl adjacent to an activating group) is 1. The number of esters is 1. The predicted molar refractivity (Wildman–Crippen MR) is 414 cm³/mol. The molecule has 1 aliphatic heterocycles. The van der Waals surface area contributed by atoms with Crippen LogP contribution in [0, 0.1) is 17.8 Å². The van der Waals surface area contributed by atoms with Gasteiger partial charge in [-0.2, -0.15) is 0 Å². The van der Waals surface area contributed by atoms with Crippen LogP contribution in [-0.4, -0.2) is 230 Å². The quantitative estimate of drug-likeness (QED) is 0.0125. The number of hydrogen-bond acceptors (Lipinski definition) is 23. The van der Waals surface area contributed by atoms with Gasteiger partial charge in [0, 0.05) is 67.4 Å². The van der Waals surface area contributed by atoms with Crippen molar-refractivity contribution in [2.45, 2.75) is 206 Å². The number of likely N-dealkylation sites (tertiary alicyclic amines) is 1. The molecule has 0 aliphatic carbocycles. The fourth-order valence-electron chi connectivity index (χ4n) is 11.6. The predicted octanol–water partition coefficient (Wildman–Crippen LogP) is 3.93. The van der Waals surface area contributed by atoms with Crippen molar-refractivity contribution in [1.29, 1.82) is 0 Å². The Morgan fingerprint density at radius 3 is 1.96 bits per heavy atom. The van der Waals surface area contributed by atoms with Crippen LogP contribution in [0.25, 0.3) is 0 Å². The lowest BCUT2D eigenvalue weighted by molar-refractivity contribution is -0.159. The number of amides is 12. The average molecular weight is 1630 g/mol. The first-order valence-corrected chi connectivity index (χ1v) is 40.4. The zero-order chi connectivity index (χ0) is 83.0. The number of phenols is 1. The topological polar surface area (TPSA) is 527 Å². The Labute approximate surface area is 661 Å². The molecule has 0 bridgehead atoms. The van der Waals surface area contributed by atoms with E-state index in [1.807, 2.05) is 51.9 Å². The summed E-state index contributed by atoms with van der Waals surface area (Å²) < 4.78 is 10.9. The van der Waals surface area contributed by atoms with Crippen LogP contribution in [0.15, 0.2) is 53.9 Å². The Morgan fingerprint density at radius 1 is 0.670 bits per heavy atom. The number of carboxylic acids is 4. The van der Waals surface area contributed by atoms with E-state index in [1.54, 1.807) is 53.6 Å². The maximum atomic E-state index is 14.8. The number of benzene rings is 2. The number of phenolic OH excluding ortho intramolecular Hbond substituents is 1. The summed E-state index contributed by atoms with van der Waals surface area (Å²) >= 11 is 1.26. The second-order valence-electron chi connectivity index (χ2n) is 27.5. The van der Waals surface area contributed by atoms with E-state index in [0.717, 1.165) is 24.9 Å². The summed E-state index contributed by atoms with van der Waals surface area (Å²) in [4.78, 5) is 199. The molecule has 10 atom stereocenters. The number of aliphatic carboxylic acids is 4. The van der Waals surface area contributed by atoms with Crippen molar-refractivity contribution in [3.63, 3.8) is 0 Å². The molecular weight excluding hydrogens is 1520 g/mol. The Kier molecular flexibility index (Phi) is 42.2. The number of urea groups is 2. The lowest BCUT2D eigenvalue weighted by Gasteiger charge is -2.39. The Bertz CT molecular complexity index is 3630. The molecule has 0 spiro atoms. The zero-order valence-electron chi connectivity index (χ0n) is 64.3. The normalized spacial score (nSPS) is 15.1. The first-order valence-electron chi connectivity index (χ1n) is 37.1. The number of aromatic hydroxyl groups is 1. The highest BCUT2D eigenvalue weighted by Gasteiger charge is 2.38.